The van der Waals surface area contributed by atoms with Crippen LogP contribution in [0.3, 0.4) is 0 Å². The van der Waals surface area contributed by atoms with E-state index in [2.05, 4.69) is 54.6 Å². The molecular formula is C21H38N4O2. The molecule has 1 aromatic heterocycles. The largest absolute Gasteiger partial charge is 0.360 e. The number of aromatic nitrogens is 1. The molecule has 2 rings (SSSR count). The second-order valence-electron chi connectivity index (χ2n) is 8.17. The average Bonchev–Trinajstić information content (AvgIpc) is 3.06. The molecule has 2 heterocycles. The zero-order valence-corrected chi connectivity index (χ0v) is 18.1. The van der Waals surface area contributed by atoms with Crippen molar-refractivity contribution in [3.63, 3.8) is 0 Å². The van der Waals surface area contributed by atoms with Gasteiger partial charge in [-0.05, 0) is 53.5 Å². The molecule has 0 aliphatic carbocycles. The van der Waals surface area contributed by atoms with Crippen LogP contribution < -0.4 is 0 Å². The van der Waals surface area contributed by atoms with Crippen LogP contribution in [0.15, 0.2) is 10.6 Å². The van der Waals surface area contributed by atoms with Gasteiger partial charge in [-0.25, -0.2) is 0 Å². The molecule has 27 heavy (non-hydrogen) atoms. The Morgan fingerprint density at radius 3 is 2.33 bits per heavy atom. The number of piperidine rings is 1. The molecule has 0 bridgehead atoms. The minimum Gasteiger partial charge on any atom is -0.360 e. The third-order valence-corrected chi connectivity index (χ3v) is 6.04. The number of likely N-dealkylation sites (N-methyl/N-ethyl adjacent to an activating group) is 1. The predicted molar refractivity (Wildman–Crippen MR) is 109 cm³/mol. The highest BCUT2D eigenvalue weighted by atomic mass is 16.5. The fourth-order valence-corrected chi connectivity index (χ4v) is 3.97. The molecule has 0 saturated carbocycles. The van der Waals surface area contributed by atoms with Crippen molar-refractivity contribution in [2.24, 2.45) is 0 Å². The van der Waals surface area contributed by atoms with Crippen molar-refractivity contribution >= 4 is 5.91 Å². The number of carbonyl (C=O) groups is 1. The molecule has 1 fully saturated rings. The highest BCUT2D eigenvalue weighted by Crippen LogP contribution is 2.19. The number of hydrogen-bond acceptors (Lipinski definition) is 5. The van der Waals surface area contributed by atoms with Gasteiger partial charge >= 0.3 is 0 Å². The van der Waals surface area contributed by atoms with Gasteiger partial charge in [0.25, 0.3) is 0 Å². The Bertz CT molecular complexity index is 570. The van der Waals surface area contributed by atoms with E-state index in [9.17, 15) is 4.79 Å². The molecule has 0 aromatic carbocycles. The van der Waals surface area contributed by atoms with Crippen LogP contribution in [-0.2, 0) is 11.3 Å². The van der Waals surface area contributed by atoms with Gasteiger partial charge in [0.15, 0.2) is 5.76 Å². The second kappa shape index (κ2) is 10.2. The fraction of sp³-hybridized carbons (Fsp3) is 0.810. The Labute approximate surface area is 164 Å². The lowest BCUT2D eigenvalue weighted by Gasteiger charge is -2.39. The highest BCUT2D eigenvalue weighted by Gasteiger charge is 2.28. The maximum atomic E-state index is 13.0. The quantitative estimate of drug-likeness (QED) is 0.660. The van der Waals surface area contributed by atoms with Crippen molar-refractivity contribution in [2.75, 3.05) is 26.7 Å². The standard InChI is InChI=1S/C21H38N4O2/c1-7-17(4)25(18(5)8-2)21(26)15-23(6)19-9-11-24(12-10-19)14-20-13-16(3)22-27-20/h13,17-19H,7-12,14-15H2,1-6H3/t17-,18+. The monoisotopic (exact) mass is 378 g/mol. The van der Waals surface area contributed by atoms with Crippen LogP contribution in [0, 0.1) is 6.92 Å². The summed E-state index contributed by atoms with van der Waals surface area (Å²) in [6.07, 6.45) is 4.17. The van der Waals surface area contributed by atoms with Gasteiger partial charge in [-0.15, -0.1) is 0 Å². The first-order valence-corrected chi connectivity index (χ1v) is 10.5. The molecule has 1 amide bonds. The normalized spacial score (nSPS) is 18.6. The van der Waals surface area contributed by atoms with Gasteiger partial charge in [0.05, 0.1) is 18.8 Å². The summed E-state index contributed by atoms with van der Waals surface area (Å²) in [5.41, 5.74) is 0.935. The summed E-state index contributed by atoms with van der Waals surface area (Å²) < 4.78 is 5.33. The van der Waals surface area contributed by atoms with Gasteiger partial charge in [-0.3, -0.25) is 14.6 Å². The zero-order valence-electron chi connectivity index (χ0n) is 18.1. The van der Waals surface area contributed by atoms with Crippen LogP contribution in [0.5, 0.6) is 0 Å². The fourth-order valence-electron chi connectivity index (χ4n) is 3.97. The summed E-state index contributed by atoms with van der Waals surface area (Å²) in [4.78, 5) is 19.7. The van der Waals surface area contributed by atoms with Crippen LogP contribution in [-0.4, -0.2) is 70.6 Å². The van der Waals surface area contributed by atoms with E-state index < -0.39 is 0 Å². The summed E-state index contributed by atoms with van der Waals surface area (Å²) in [5, 5.41) is 3.96. The van der Waals surface area contributed by atoms with E-state index in [1.807, 2.05) is 13.0 Å². The number of rotatable bonds is 9. The van der Waals surface area contributed by atoms with Crippen LogP contribution >= 0.6 is 0 Å². The van der Waals surface area contributed by atoms with E-state index in [4.69, 9.17) is 4.52 Å². The first-order valence-electron chi connectivity index (χ1n) is 10.5. The lowest BCUT2D eigenvalue weighted by molar-refractivity contribution is -0.137. The third-order valence-electron chi connectivity index (χ3n) is 6.04. The Morgan fingerprint density at radius 2 is 1.85 bits per heavy atom. The Balaban J connectivity index is 1.83. The number of aryl methyl sites for hydroxylation is 1. The molecular weight excluding hydrogens is 340 g/mol. The van der Waals surface area contributed by atoms with Crippen molar-refractivity contribution in [2.45, 2.75) is 85.0 Å². The van der Waals surface area contributed by atoms with Crippen molar-refractivity contribution in [1.29, 1.82) is 0 Å². The van der Waals surface area contributed by atoms with Crippen molar-refractivity contribution < 1.29 is 9.32 Å². The molecule has 6 nitrogen and oxygen atoms in total. The summed E-state index contributed by atoms with van der Waals surface area (Å²) in [7, 11) is 2.10. The maximum Gasteiger partial charge on any atom is 0.237 e. The minimum absolute atomic E-state index is 0.265. The first kappa shape index (κ1) is 21.9. The van der Waals surface area contributed by atoms with Gasteiger partial charge < -0.3 is 9.42 Å². The number of nitrogens with zero attached hydrogens (tertiary/aromatic N) is 4. The second-order valence-corrected chi connectivity index (χ2v) is 8.17. The summed E-state index contributed by atoms with van der Waals surface area (Å²) >= 11 is 0. The van der Waals surface area contributed by atoms with E-state index in [0.717, 1.165) is 56.8 Å². The number of amides is 1. The predicted octanol–water partition coefficient (Wildman–Crippen LogP) is 3.30. The van der Waals surface area contributed by atoms with E-state index in [0.29, 0.717) is 24.7 Å². The molecule has 0 spiro atoms. The number of likely N-dealkylation sites (tertiary alicyclic amines) is 1. The van der Waals surface area contributed by atoms with Crippen LogP contribution in [0.1, 0.15) is 64.8 Å². The molecule has 1 saturated heterocycles. The van der Waals surface area contributed by atoms with E-state index in [1.165, 1.54) is 0 Å². The molecule has 1 aliphatic heterocycles. The number of hydrogen-bond donors (Lipinski definition) is 0. The van der Waals surface area contributed by atoms with E-state index in [1.54, 1.807) is 0 Å². The molecule has 154 valence electrons. The van der Waals surface area contributed by atoms with Gasteiger partial charge in [0, 0.05) is 37.3 Å². The van der Waals surface area contributed by atoms with Gasteiger partial charge in [-0.1, -0.05) is 19.0 Å². The van der Waals surface area contributed by atoms with Crippen molar-refractivity contribution in [3.8, 4) is 0 Å². The lowest BCUT2D eigenvalue weighted by atomic mass is 10.0. The Hall–Kier alpha value is -1.40. The van der Waals surface area contributed by atoms with E-state index >= 15 is 0 Å². The third kappa shape index (κ3) is 6.04. The molecule has 0 N–H and O–H groups in total. The maximum absolute atomic E-state index is 13.0. The molecule has 1 aliphatic rings. The minimum atomic E-state index is 0.265. The van der Waals surface area contributed by atoms with Crippen molar-refractivity contribution in [1.82, 2.24) is 19.9 Å². The topological polar surface area (TPSA) is 52.8 Å². The first-order chi connectivity index (χ1) is 12.8. The Morgan fingerprint density at radius 1 is 1.26 bits per heavy atom. The molecule has 0 unspecified atom stereocenters. The number of carbonyl (C=O) groups excluding carboxylic acids is 1. The SMILES string of the molecule is CC[C@@H](C)N(C(=O)CN(C)C1CCN(Cc2cc(C)no2)CC1)[C@@H](C)CC. The van der Waals surface area contributed by atoms with Gasteiger partial charge in [0.1, 0.15) is 0 Å². The molecule has 6 heteroatoms. The lowest BCUT2D eigenvalue weighted by Crippen LogP contribution is -2.51. The summed E-state index contributed by atoms with van der Waals surface area (Å²) in [6, 6.07) is 3.08. The summed E-state index contributed by atoms with van der Waals surface area (Å²) in [6.45, 7) is 14.0. The molecule has 2 atom stereocenters. The smallest absolute Gasteiger partial charge is 0.237 e. The molecule has 0 radical (unpaired) electrons. The van der Waals surface area contributed by atoms with Crippen molar-refractivity contribution in [3.05, 3.63) is 17.5 Å². The van der Waals surface area contributed by atoms with Gasteiger partial charge in [-0.2, -0.15) is 0 Å². The highest BCUT2D eigenvalue weighted by molar-refractivity contribution is 5.79. The molecule has 1 aromatic rings. The zero-order chi connectivity index (χ0) is 20.0. The van der Waals surface area contributed by atoms with Crippen LogP contribution in [0.2, 0.25) is 0 Å². The summed E-state index contributed by atoms with van der Waals surface area (Å²) in [5.74, 6) is 1.20. The van der Waals surface area contributed by atoms with E-state index in [-0.39, 0.29) is 5.91 Å². The van der Waals surface area contributed by atoms with Gasteiger partial charge in [0.2, 0.25) is 5.91 Å². The van der Waals surface area contributed by atoms with Crippen LogP contribution in [0.4, 0.5) is 0 Å². The Kier molecular flexibility index (Phi) is 8.29. The van der Waals surface area contributed by atoms with Crippen LogP contribution in [0.25, 0.3) is 0 Å². The average molecular weight is 379 g/mol.